The Labute approximate surface area is 303 Å². The number of carbonyl (C=O) groups is 3. The molecule has 1 aliphatic rings. The van der Waals surface area contributed by atoms with Crippen LogP contribution in [0.2, 0.25) is 0 Å². The van der Waals surface area contributed by atoms with E-state index in [4.69, 9.17) is 5.73 Å². The van der Waals surface area contributed by atoms with Gasteiger partial charge in [-0.2, -0.15) is 0 Å². The normalized spacial score (nSPS) is 16.2. The third-order valence-electron chi connectivity index (χ3n) is 10.7. The first kappa shape index (κ1) is 39.4. The van der Waals surface area contributed by atoms with Gasteiger partial charge in [-0.1, -0.05) is 86.7 Å². The SMILES string of the molecule is CCC(N)(CC)CC=CC(=O)N(C)[C@H](Cc1ccc(-c2ccccc2)cc1)C(=O)N(C)[C@H](Cc1ccc(F)cc1)C(=O)NCCC1CCCN1C. The van der Waals surface area contributed by atoms with Crippen molar-refractivity contribution in [2.24, 2.45) is 5.73 Å². The molecule has 0 aromatic heterocycles. The maximum atomic E-state index is 14.6. The lowest BCUT2D eigenvalue weighted by molar-refractivity contribution is -0.146. The maximum absolute atomic E-state index is 14.6. The van der Waals surface area contributed by atoms with Crippen LogP contribution in [0.4, 0.5) is 4.39 Å². The molecule has 3 N–H and O–H groups in total. The van der Waals surface area contributed by atoms with E-state index >= 15 is 0 Å². The van der Waals surface area contributed by atoms with Gasteiger partial charge >= 0.3 is 0 Å². The molecule has 9 heteroatoms. The van der Waals surface area contributed by atoms with Crippen molar-refractivity contribution in [1.82, 2.24) is 20.0 Å². The molecule has 274 valence electrons. The predicted octanol–water partition coefficient (Wildman–Crippen LogP) is 6.00. The van der Waals surface area contributed by atoms with E-state index in [0.717, 1.165) is 60.9 Å². The van der Waals surface area contributed by atoms with Gasteiger partial charge in [0, 0.05) is 45.1 Å². The van der Waals surface area contributed by atoms with Crippen LogP contribution >= 0.6 is 0 Å². The number of rotatable bonds is 17. The van der Waals surface area contributed by atoms with Gasteiger partial charge in [-0.25, -0.2) is 4.39 Å². The molecule has 1 unspecified atom stereocenters. The molecule has 3 aromatic carbocycles. The first-order chi connectivity index (χ1) is 24.4. The average molecular weight is 698 g/mol. The summed E-state index contributed by atoms with van der Waals surface area (Å²) in [6, 6.07) is 22.6. The van der Waals surface area contributed by atoms with E-state index in [1.165, 1.54) is 28.0 Å². The molecule has 4 rings (SSSR count). The van der Waals surface area contributed by atoms with Crippen LogP contribution < -0.4 is 11.1 Å². The maximum Gasteiger partial charge on any atom is 0.246 e. The Bertz CT molecular complexity index is 1590. The number of likely N-dealkylation sites (tertiary alicyclic amines) is 1. The van der Waals surface area contributed by atoms with E-state index in [-0.39, 0.29) is 36.4 Å². The second-order valence-electron chi connectivity index (χ2n) is 14.1. The number of hydrogen-bond donors (Lipinski definition) is 2. The molecule has 1 heterocycles. The standard InChI is InChI=1S/C42H56FN5O3/c1-6-42(44,7-2)26-11-16-39(49)47(4)38(30-31-17-21-34(22-18-31)33-13-9-8-10-14-33)41(51)48(5)37(29-32-19-23-35(43)24-20-32)40(50)45-27-25-36-15-12-28-46(36)3/h8-11,13-14,16-24,36-38H,6-7,12,15,25-30,44H2,1-5H3,(H,45,50)/t36?,37-,38-/m1/s1. The van der Waals surface area contributed by atoms with Crippen molar-refractivity contribution in [3.63, 3.8) is 0 Å². The van der Waals surface area contributed by atoms with Gasteiger partial charge in [0.25, 0.3) is 0 Å². The van der Waals surface area contributed by atoms with Crippen molar-refractivity contribution < 1.29 is 18.8 Å². The van der Waals surface area contributed by atoms with E-state index in [2.05, 4.69) is 17.3 Å². The second kappa shape index (κ2) is 18.8. The number of nitrogens with two attached hydrogens (primary N) is 1. The monoisotopic (exact) mass is 697 g/mol. The van der Waals surface area contributed by atoms with Crippen molar-refractivity contribution in [2.45, 2.75) is 88.9 Å². The molecule has 1 saturated heterocycles. The predicted molar refractivity (Wildman–Crippen MR) is 203 cm³/mol. The van der Waals surface area contributed by atoms with Gasteiger partial charge in [0.2, 0.25) is 17.7 Å². The molecule has 0 spiro atoms. The third-order valence-corrected chi connectivity index (χ3v) is 10.7. The second-order valence-corrected chi connectivity index (χ2v) is 14.1. The molecule has 1 fully saturated rings. The largest absolute Gasteiger partial charge is 0.354 e. The highest BCUT2D eigenvalue weighted by molar-refractivity contribution is 5.95. The smallest absolute Gasteiger partial charge is 0.246 e. The van der Waals surface area contributed by atoms with Crippen molar-refractivity contribution in [3.05, 3.63) is 108 Å². The summed E-state index contributed by atoms with van der Waals surface area (Å²) in [5.41, 5.74) is 9.80. The Kier molecular flexibility index (Phi) is 14.5. The number of hydrogen-bond acceptors (Lipinski definition) is 5. The lowest BCUT2D eigenvalue weighted by Gasteiger charge is -2.34. The Balaban J connectivity index is 1.60. The van der Waals surface area contributed by atoms with Crippen LogP contribution in [0.25, 0.3) is 11.1 Å². The van der Waals surface area contributed by atoms with Gasteiger partial charge in [-0.15, -0.1) is 0 Å². The fourth-order valence-electron chi connectivity index (χ4n) is 6.74. The van der Waals surface area contributed by atoms with E-state index in [9.17, 15) is 18.8 Å². The van der Waals surface area contributed by atoms with Crippen LogP contribution in [0.3, 0.4) is 0 Å². The zero-order valence-electron chi connectivity index (χ0n) is 31.0. The summed E-state index contributed by atoms with van der Waals surface area (Å²) < 4.78 is 13.8. The van der Waals surface area contributed by atoms with Crippen LogP contribution in [0.15, 0.2) is 91.0 Å². The number of carbonyl (C=O) groups excluding carboxylic acids is 3. The van der Waals surface area contributed by atoms with Gasteiger partial charge in [0.15, 0.2) is 0 Å². The van der Waals surface area contributed by atoms with E-state index in [0.29, 0.717) is 19.0 Å². The number of amides is 3. The fourth-order valence-corrected chi connectivity index (χ4v) is 6.74. The molecule has 0 radical (unpaired) electrons. The van der Waals surface area contributed by atoms with Gasteiger partial charge in [-0.3, -0.25) is 14.4 Å². The van der Waals surface area contributed by atoms with Crippen molar-refractivity contribution in [3.8, 4) is 11.1 Å². The molecule has 0 aliphatic carbocycles. The van der Waals surface area contributed by atoms with Crippen molar-refractivity contribution >= 4 is 17.7 Å². The number of benzene rings is 3. The van der Waals surface area contributed by atoms with Crippen LogP contribution in [-0.2, 0) is 27.2 Å². The summed E-state index contributed by atoms with van der Waals surface area (Å²) in [6.45, 7) is 5.59. The minimum Gasteiger partial charge on any atom is -0.354 e. The lowest BCUT2D eigenvalue weighted by Crippen LogP contribution is -2.56. The highest BCUT2D eigenvalue weighted by Crippen LogP contribution is 2.23. The number of nitrogens with zero attached hydrogens (tertiary/aromatic N) is 3. The summed E-state index contributed by atoms with van der Waals surface area (Å²) in [6.07, 6.45) is 8.86. The van der Waals surface area contributed by atoms with E-state index in [1.54, 1.807) is 32.3 Å². The van der Waals surface area contributed by atoms with Crippen LogP contribution in [0.5, 0.6) is 0 Å². The topological polar surface area (TPSA) is 99.0 Å². The Morgan fingerprint density at radius 1 is 0.902 bits per heavy atom. The first-order valence-electron chi connectivity index (χ1n) is 18.3. The van der Waals surface area contributed by atoms with Crippen molar-refractivity contribution in [2.75, 3.05) is 34.2 Å². The van der Waals surface area contributed by atoms with Gasteiger partial charge in [0.05, 0.1) is 0 Å². The van der Waals surface area contributed by atoms with Crippen LogP contribution in [0.1, 0.15) is 63.5 Å². The third kappa shape index (κ3) is 11.1. The molecule has 3 atom stereocenters. The molecule has 3 aromatic rings. The average Bonchev–Trinajstić information content (AvgIpc) is 3.57. The number of halogens is 1. The quantitative estimate of drug-likeness (QED) is 0.169. The minimum absolute atomic E-state index is 0.195. The lowest BCUT2D eigenvalue weighted by atomic mass is 9.90. The summed E-state index contributed by atoms with van der Waals surface area (Å²) >= 11 is 0. The molecular weight excluding hydrogens is 641 g/mol. The first-order valence-corrected chi connectivity index (χ1v) is 18.3. The zero-order chi connectivity index (χ0) is 37.0. The number of nitrogens with one attached hydrogen (secondary N) is 1. The van der Waals surface area contributed by atoms with Gasteiger partial charge in [-0.05, 0) is 92.6 Å². The Hall–Kier alpha value is -4.34. The Morgan fingerprint density at radius 3 is 2.08 bits per heavy atom. The highest BCUT2D eigenvalue weighted by atomic mass is 19.1. The van der Waals surface area contributed by atoms with E-state index < -0.39 is 17.6 Å². The summed E-state index contributed by atoms with van der Waals surface area (Å²) in [4.78, 5) is 47.3. The molecule has 8 nitrogen and oxygen atoms in total. The molecular formula is C42H56FN5O3. The fraction of sp³-hybridized carbons (Fsp3) is 0.452. The molecule has 51 heavy (non-hydrogen) atoms. The van der Waals surface area contributed by atoms with Gasteiger partial charge in [0.1, 0.15) is 17.9 Å². The Morgan fingerprint density at radius 2 is 1.49 bits per heavy atom. The summed E-state index contributed by atoms with van der Waals surface area (Å²) in [5, 5.41) is 3.08. The van der Waals surface area contributed by atoms with Crippen LogP contribution in [-0.4, -0.2) is 90.3 Å². The number of likely N-dealkylation sites (N-methyl/N-ethyl adjacent to an activating group) is 2. The van der Waals surface area contributed by atoms with Crippen molar-refractivity contribution in [1.29, 1.82) is 0 Å². The highest BCUT2D eigenvalue weighted by Gasteiger charge is 2.35. The zero-order valence-corrected chi connectivity index (χ0v) is 31.0. The van der Waals surface area contributed by atoms with E-state index in [1.807, 2.05) is 68.4 Å². The molecule has 1 aliphatic heterocycles. The molecule has 0 bridgehead atoms. The van der Waals surface area contributed by atoms with Gasteiger partial charge < -0.3 is 25.8 Å². The minimum atomic E-state index is -0.898. The molecule has 0 saturated carbocycles. The molecule has 3 amide bonds. The summed E-state index contributed by atoms with van der Waals surface area (Å²) in [5.74, 6) is -1.34. The van der Waals surface area contributed by atoms with Crippen LogP contribution in [0, 0.1) is 5.82 Å². The summed E-state index contributed by atoms with van der Waals surface area (Å²) in [7, 11) is 5.35.